The van der Waals surface area contributed by atoms with Crippen LogP contribution in [0.15, 0.2) is 22.7 Å². The maximum absolute atomic E-state index is 11.3. The van der Waals surface area contributed by atoms with Crippen LogP contribution in [-0.4, -0.2) is 31.1 Å². The van der Waals surface area contributed by atoms with Crippen LogP contribution in [0.4, 0.5) is 0 Å². The van der Waals surface area contributed by atoms with Crippen LogP contribution < -0.4 is 0 Å². The van der Waals surface area contributed by atoms with E-state index in [9.17, 15) is 9.59 Å². The number of furan rings is 1. The molecule has 0 bridgehead atoms. The Morgan fingerprint density at radius 2 is 1.95 bits per heavy atom. The van der Waals surface area contributed by atoms with E-state index < -0.39 is 11.9 Å². The third-order valence-corrected chi connectivity index (χ3v) is 3.26. The van der Waals surface area contributed by atoms with Gasteiger partial charge in [0, 0.05) is 0 Å². The Hall–Kier alpha value is -2.41. The lowest BCUT2D eigenvalue weighted by Crippen LogP contribution is -1.98. The number of esters is 2. The Kier molecular flexibility index (Phi) is 4.31. The van der Waals surface area contributed by atoms with Crippen molar-refractivity contribution in [2.45, 2.75) is 0 Å². The summed E-state index contributed by atoms with van der Waals surface area (Å²) in [6.07, 6.45) is 4.77. The molecule has 104 valence electrons. The molecule has 0 aliphatic carbocycles. The maximum atomic E-state index is 11.3. The third kappa shape index (κ3) is 3.12. The van der Waals surface area contributed by atoms with E-state index in [2.05, 4.69) is 14.5 Å². The van der Waals surface area contributed by atoms with E-state index in [0.29, 0.717) is 15.6 Å². The van der Waals surface area contributed by atoms with Crippen LogP contribution in [0.5, 0.6) is 0 Å². The molecule has 0 aliphatic rings. The highest BCUT2D eigenvalue weighted by atomic mass is 32.1. The van der Waals surface area contributed by atoms with Crippen LogP contribution in [0.25, 0.3) is 12.2 Å². The molecule has 20 heavy (non-hydrogen) atoms. The van der Waals surface area contributed by atoms with Gasteiger partial charge in [0.2, 0.25) is 5.76 Å². The number of rotatable bonds is 4. The summed E-state index contributed by atoms with van der Waals surface area (Å²) in [6.45, 7) is 0. The lowest BCUT2D eigenvalue weighted by Gasteiger charge is -1.91. The van der Waals surface area contributed by atoms with Crippen molar-refractivity contribution in [2.24, 2.45) is 0 Å². The SMILES string of the molecule is COC(=O)c1ccc(C=Cc2ncc(C(=O)OC)s2)o1. The summed E-state index contributed by atoms with van der Waals surface area (Å²) in [5.41, 5.74) is 0. The summed E-state index contributed by atoms with van der Waals surface area (Å²) in [6, 6.07) is 3.16. The summed E-state index contributed by atoms with van der Waals surface area (Å²) >= 11 is 1.20. The molecular formula is C13H11NO5S. The summed E-state index contributed by atoms with van der Waals surface area (Å²) in [5.74, 6) is -0.346. The van der Waals surface area contributed by atoms with Crippen molar-refractivity contribution < 1.29 is 23.5 Å². The normalized spacial score (nSPS) is 10.7. The quantitative estimate of drug-likeness (QED) is 0.806. The van der Waals surface area contributed by atoms with Crippen molar-refractivity contribution >= 4 is 35.4 Å². The van der Waals surface area contributed by atoms with Gasteiger partial charge in [-0.15, -0.1) is 11.3 Å². The Morgan fingerprint density at radius 1 is 1.20 bits per heavy atom. The van der Waals surface area contributed by atoms with E-state index in [4.69, 9.17) is 4.42 Å². The molecule has 2 rings (SSSR count). The number of methoxy groups -OCH3 is 2. The summed E-state index contributed by atoms with van der Waals surface area (Å²) < 4.78 is 14.4. The Morgan fingerprint density at radius 3 is 2.65 bits per heavy atom. The lowest BCUT2D eigenvalue weighted by atomic mass is 10.4. The molecule has 0 aromatic carbocycles. The summed E-state index contributed by atoms with van der Waals surface area (Å²) in [4.78, 5) is 27.0. The molecular weight excluding hydrogens is 282 g/mol. The first-order chi connectivity index (χ1) is 9.63. The number of nitrogens with zero attached hydrogens (tertiary/aromatic N) is 1. The predicted molar refractivity (Wildman–Crippen MR) is 72.4 cm³/mol. The highest BCUT2D eigenvalue weighted by molar-refractivity contribution is 7.14. The molecule has 0 radical (unpaired) electrons. The second-order valence-corrected chi connectivity index (χ2v) is 4.64. The van der Waals surface area contributed by atoms with Crippen molar-refractivity contribution in [1.82, 2.24) is 4.98 Å². The highest BCUT2D eigenvalue weighted by Gasteiger charge is 2.10. The zero-order valence-electron chi connectivity index (χ0n) is 10.8. The van der Waals surface area contributed by atoms with Crippen LogP contribution >= 0.6 is 11.3 Å². The van der Waals surface area contributed by atoms with Crippen LogP contribution in [0.1, 0.15) is 31.0 Å². The number of ether oxygens (including phenoxy) is 2. The minimum atomic E-state index is -0.535. The minimum Gasteiger partial charge on any atom is -0.465 e. The standard InChI is InChI=1S/C13H11NO5S/c1-17-12(15)9-5-3-8(19-9)4-6-11-14-7-10(20-11)13(16)18-2/h3-7H,1-2H3. The molecule has 7 heteroatoms. The molecule has 2 aromatic heterocycles. The zero-order valence-corrected chi connectivity index (χ0v) is 11.6. The van der Waals surface area contributed by atoms with E-state index in [0.717, 1.165) is 0 Å². The molecule has 2 aromatic rings. The van der Waals surface area contributed by atoms with E-state index >= 15 is 0 Å². The molecule has 0 unspecified atom stereocenters. The third-order valence-electron chi connectivity index (χ3n) is 2.31. The van der Waals surface area contributed by atoms with Crippen LogP contribution in [0.2, 0.25) is 0 Å². The van der Waals surface area contributed by atoms with Gasteiger partial charge in [0.15, 0.2) is 0 Å². The first-order valence-corrected chi connectivity index (χ1v) is 6.36. The smallest absolute Gasteiger partial charge is 0.373 e. The molecule has 6 nitrogen and oxygen atoms in total. The van der Waals surface area contributed by atoms with Gasteiger partial charge in [-0.25, -0.2) is 14.6 Å². The van der Waals surface area contributed by atoms with Crippen LogP contribution in [0.3, 0.4) is 0 Å². The number of carbonyl (C=O) groups excluding carboxylic acids is 2. The fraction of sp³-hybridized carbons (Fsp3) is 0.154. The molecule has 0 saturated carbocycles. The van der Waals surface area contributed by atoms with Crippen LogP contribution in [-0.2, 0) is 9.47 Å². The zero-order chi connectivity index (χ0) is 14.5. The van der Waals surface area contributed by atoms with Gasteiger partial charge in [0.1, 0.15) is 15.6 Å². The first-order valence-electron chi connectivity index (χ1n) is 5.54. The number of hydrogen-bond acceptors (Lipinski definition) is 7. The average Bonchev–Trinajstić information content (AvgIpc) is 3.12. The molecule has 0 saturated heterocycles. The molecule has 0 N–H and O–H groups in total. The van der Waals surface area contributed by atoms with E-state index in [-0.39, 0.29) is 5.76 Å². The molecule has 0 atom stereocenters. The number of hydrogen-bond donors (Lipinski definition) is 0. The molecule has 0 amide bonds. The first kappa shape index (κ1) is 14.0. The Bertz CT molecular complexity index is 599. The molecule has 0 spiro atoms. The van der Waals surface area contributed by atoms with Crippen molar-refractivity contribution in [3.8, 4) is 0 Å². The monoisotopic (exact) mass is 293 g/mol. The largest absolute Gasteiger partial charge is 0.465 e. The molecule has 0 aliphatic heterocycles. The van der Waals surface area contributed by atoms with Crippen molar-refractivity contribution in [3.05, 3.63) is 39.7 Å². The minimum absolute atomic E-state index is 0.126. The van der Waals surface area contributed by atoms with Gasteiger partial charge in [-0.05, 0) is 24.3 Å². The fourth-order valence-electron chi connectivity index (χ4n) is 1.37. The molecule has 0 fully saturated rings. The second kappa shape index (κ2) is 6.16. The topological polar surface area (TPSA) is 78.6 Å². The van der Waals surface area contributed by atoms with E-state index in [1.54, 1.807) is 18.2 Å². The van der Waals surface area contributed by atoms with Gasteiger partial charge in [-0.1, -0.05) is 0 Å². The van der Waals surface area contributed by atoms with Gasteiger partial charge in [-0.2, -0.15) is 0 Å². The van der Waals surface area contributed by atoms with Gasteiger partial charge in [-0.3, -0.25) is 0 Å². The Labute approximate surface area is 118 Å². The van der Waals surface area contributed by atoms with Gasteiger partial charge in [0.05, 0.1) is 20.4 Å². The lowest BCUT2D eigenvalue weighted by molar-refractivity contribution is 0.0563. The fourth-order valence-corrected chi connectivity index (χ4v) is 2.10. The van der Waals surface area contributed by atoms with Gasteiger partial charge < -0.3 is 13.9 Å². The van der Waals surface area contributed by atoms with Crippen molar-refractivity contribution in [1.29, 1.82) is 0 Å². The number of carbonyl (C=O) groups is 2. The van der Waals surface area contributed by atoms with Gasteiger partial charge in [0.25, 0.3) is 0 Å². The molecule has 2 heterocycles. The van der Waals surface area contributed by atoms with Crippen LogP contribution in [0, 0.1) is 0 Å². The Balaban J connectivity index is 2.09. The summed E-state index contributed by atoms with van der Waals surface area (Å²) in [5, 5.41) is 0.626. The van der Waals surface area contributed by atoms with Gasteiger partial charge >= 0.3 is 11.9 Å². The summed E-state index contributed by atoms with van der Waals surface area (Å²) in [7, 11) is 2.60. The highest BCUT2D eigenvalue weighted by Crippen LogP contribution is 2.18. The van der Waals surface area contributed by atoms with E-state index in [1.807, 2.05) is 0 Å². The van der Waals surface area contributed by atoms with Crippen molar-refractivity contribution in [2.75, 3.05) is 14.2 Å². The maximum Gasteiger partial charge on any atom is 0.373 e. The predicted octanol–water partition coefficient (Wildman–Crippen LogP) is 2.48. The second-order valence-electron chi connectivity index (χ2n) is 3.58. The average molecular weight is 293 g/mol. The van der Waals surface area contributed by atoms with E-state index in [1.165, 1.54) is 37.8 Å². The number of aromatic nitrogens is 1. The number of thiazole rings is 1. The van der Waals surface area contributed by atoms with Crippen molar-refractivity contribution in [3.63, 3.8) is 0 Å².